The number of rotatable bonds is 3. The molecule has 0 saturated heterocycles. The van der Waals surface area contributed by atoms with Crippen LogP contribution in [0.15, 0.2) is 16.2 Å². The number of thiophene rings is 1. The number of hydrogen-bond donors (Lipinski definition) is 1. The molecule has 0 spiro atoms. The summed E-state index contributed by atoms with van der Waals surface area (Å²) in [7, 11) is 1.25. The number of amides is 1. The predicted octanol–water partition coefficient (Wildman–Crippen LogP) is 2.12. The fourth-order valence-electron chi connectivity index (χ4n) is 1.54. The van der Waals surface area contributed by atoms with E-state index in [0.717, 1.165) is 4.90 Å². The molecule has 1 amide bonds. The van der Waals surface area contributed by atoms with Crippen molar-refractivity contribution in [1.82, 2.24) is 14.9 Å². The molecule has 1 N–H and O–H groups in total. The third-order valence-electron chi connectivity index (χ3n) is 2.42. The van der Waals surface area contributed by atoms with E-state index in [0.29, 0.717) is 10.2 Å². The molecule has 2 aromatic rings. The standard InChI is InChI=1S/C11H10F3N3O3S/c1-17(10(19)20-5-11(12,13)14)4-7-15-6-2-3-21-8(6)9(18)16-7/h2-3H,4-5H2,1H3,(H,15,16,18). The van der Waals surface area contributed by atoms with E-state index in [1.54, 1.807) is 11.4 Å². The summed E-state index contributed by atoms with van der Waals surface area (Å²) in [4.78, 5) is 30.5. The molecule has 6 nitrogen and oxygen atoms in total. The maximum absolute atomic E-state index is 11.9. The van der Waals surface area contributed by atoms with E-state index in [9.17, 15) is 22.8 Å². The van der Waals surface area contributed by atoms with Gasteiger partial charge in [-0.3, -0.25) is 4.79 Å². The molecule has 0 aromatic carbocycles. The van der Waals surface area contributed by atoms with Crippen LogP contribution in [0, 0.1) is 0 Å². The van der Waals surface area contributed by atoms with Gasteiger partial charge in [-0.05, 0) is 11.4 Å². The first-order valence-corrected chi connectivity index (χ1v) is 6.55. The van der Waals surface area contributed by atoms with Gasteiger partial charge in [-0.1, -0.05) is 0 Å². The predicted molar refractivity (Wildman–Crippen MR) is 69.1 cm³/mol. The van der Waals surface area contributed by atoms with Gasteiger partial charge in [-0.2, -0.15) is 13.2 Å². The maximum Gasteiger partial charge on any atom is 0.422 e. The molecule has 114 valence electrons. The van der Waals surface area contributed by atoms with E-state index in [1.807, 2.05) is 0 Å². The number of carbonyl (C=O) groups excluding carboxylic acids is 1. The van der Waals surface area contributed by atoms with Gasteiger partial charge in [-0.25, -0.2) is 9.78 Å². The van der Waals surface area contributed by atoms with Crippen LogP contribution in [0.4, 0.5) is 18.0 Å². The van der Waals surface area contributed by atoms with E-state index < -0.39 is 18.9 Å². The van der Waals surface area contributed by atoms with Crippen LogP contribution in [-0.4, -0.2) is 40.8 Å². The summed E-state index contributed by atoms with van der Waals surface area (Å²) in [6.45, 7) is -1.83. The van der Waals surface area contributed by atoms with Crippen molar-refractivity contribution in [3.8, 4) is 0 Å². The van der Waals surface area contributed by atoms with Crippen molar-refractivity contribution in [3.05, 3.63) is 27.6 Å². The van der Waals surface area contributed by atoms with Gasteiger partial charge in [0.1, 0.15) is 10.5 Å². The molecule has 2 heterocycles. The number of nitrogens with zero attached hydrogens (tertiary/aromatic N) is 2. The molecule has 0 radical (unpaired) electrons. The number of nitrogens with one attached hydrogen (secondary N) is 1. The number of hydrogen-bond acceptors (Lipinski definition) is 5. The van der Waals surface area contributed by atoms with Gasteiger partial charge in [0.05, 0.1) is 12.1 Å². The van der Waals surface area contributed by atoms with Gasteiger partial charge >= 0.3 is 12.3 Å². The van der Waals surface area contributed by atoms with Crippen LogP contribution in [0.25, 0.3) is 10.2 Å². The molecule has 2 aromatic heterocycles. The Kier molecular flexibility index (Phi) is 4.16. The van der Waals surface area contributed by atoms with Crippen LogP contribution in [0.3, 0.4) is 0 Å². The Morgan fingerprint density at radius 3 is 2.90 bits per heavy atom. The normalized spacial score (nSPS) is 11.6. The molecular formula is C11H10F3N3O3S. The lowest BCUT2D eigenvalue weighted by Crippen LogP contribution is -2.31. The Labute approximate surface area is 120 Å². The summed E-state index contributed by atoms with van der Waals surface area (Å²) in [5.74, 6) is 0.164. The zero-order valence-corrected chi connectivity index (χ0v) is 11.5. The Hall–Kier alpha value is -2.10. The van der Waals surface area contributed by atoms with Crippen LogP contribution in [-0.2, 0) is 11.3 Å². The molecule has 0 bridgehead atoms. The zero-order valence-electron chi connectivity index (χ0n) is 10.7. The van der Waals surface area contributed by atoms with E-state index in [4.69, 9.17) is 0 Å². The number of aromatic nitrogens is 2. The summed E-state index contributed by atoms with van der Waals surface area (Å²) in [5, 5.41) is 1.69. The van der Waals surface area contributed by atoms with Crippen LogP contribution in [0.5, 0.6) is 0 Å². The molecule has 21 heavy (non-hydrogen) atoms. The lowest BCUT2D eigenvalue weighted by atomic mass is 10.4. The molecule has 0 saturated carbocycles. The smallest absolute Gasteiger partial charge is 0.422 e. The number of halogens is 3. The fourth-order valence-corrected chi connectivity index (χ4v) is 2.26. The highest BCUT2D eigenvalue weighted by Crippen LogP contribution is 2.16. The highest BCUT2D eigenvalue weighted by atomic mass is 32.1. The Bertz CT molecular complexity index is 710. The van der Waals surface area contributed by atoms with Gasteiger partial charge in [0.2, 0.25) is 0 Å². The molecule has 0 aliphatic rings. The Morgan fingerprint density at radius 1 is 1.52 bits per heavy atom. The number of fused-ring (bicyclic) bond motifs is 1. The van der Waals surface area contributed by atoms with Crippen molar-refractivity contribution in [2.45, 2.75) is 12.7 Å². The minimum Gasteiger partial charge on any atom is -0.440 e. The second kappa shape index (κ2) is 5.72. The van der Waals surface area contributed by atoms with Gasteiger partial charge in [0.15, 0.2) is 6.61 Å². The monoisotopic (exact) mass is 321 g/mol. The summed E-state index contributed by atoms with van der Waals surface area (Å²) >= 11 is 1.22. The van der Waals surface area contributed by atoms with E-state index in [-0.39, 0.29) is 17.9 Å². The molecule has 2 rings (SSSR count). The van der Waals surface area contributed by atoms with Gasteiger partial charge in [0, 0.05) is 7.05 Å². The highest BCUT2D eigenvalue weighted by Gasteiger charge is 2.30. The number of H-pyrrole nitrogens is 1. The SMILES string of the molecule is CN(Cc1nc2ccsc2c(=O)[nH]1)C(=O)OCC(F)(F)F. The van der Waals surface area contributed by atoms with E-state index >= 15 is 0 Å². The summed E-state index contributed by atoms with van der Waals surface area (Å²) in [6, 6.07) is 1.64. The van der Waals surface area contributed by atoms with Crippen LogP contribution in [0.2, 0.25) is 0 Å². The van der Waals surface area contributed by atoms with Crippen LogP contribution < -0.4 is 5.56 Å². The fraction of sp³-hybridized carbons (Fsp3) is 0.364. The van der Waals surface area contributed by atoms with Crippen molar-refractivity contribution < 1.29 is 22.7 Å². The lowest BCUT2D eigenvalue weighted by Gasteiger charge is -2.17. The Morgan fingerprint density at radius 2 is 2.24 bits per heavy atom. The number of ether oxygens (including phenoxy) is 1. The maximum atomic E-state index is 11.9. The van der Waals surface area contributed by atoms with Gasteiger partial charge in [-0.15, -0.1) is 11.3 Å². The first-order chi connectivity index (χ1) is 9.76. The molecule has 0 atom stereocenters. The number of aromatic amines is 1. The number of carbonyl (C=O) groups is 1. The van der Waals surface area contributed by atoms with Crippen LogP contribution in [0.1, 0.15) is 5.82 Å². The minimum absolute atomic E-state index is 0.164. The minimum atomic E-state index is -4.58. The molecule has 0 unspecified atom stereocenters. The average Bonchev–Trinajstić information content (AvgIpc) is 2.83. The topological polar surface area (TPSA) is 75.3 Å². The molecule has 0 aliphatic carbocycles. The zero-order chi connectivity index (χ0) is 15.6. The van der Waals surface area contributed by atoms with Crippen molar-refractivity contribution >= 4 is 27.6 Å². The first kappa shape index (κ1) is 15.3. The van der Waals surface area contributed by atoms with Crippen molar-refractivity contribution in [2.24, 2.45) is 0 Å². The highest BCUT2D eigenvalue weighted by molar-refractivity contribution is 7.17. The Balaban J connectivity index is 2.05. The van der Waals surface area contributed by atoms with Gasteiger partial charge < -0.3 is 14.6 Å². The summed E-state index contributed by atoms with van der Waals surface area (Å²) in [5.41, 5.74) is 0.109. The number of alkyl halides is 3. The second-order valence-electron chi connectivity index (χ2n) is 4.17. The second-order valence-corrected chi connectivity index (χ2v) is 5.09. The lowest BCUT2D eigenvalue weighted by molar-refractivity contribution is -0.162. The third-order valence-corrected chi connectivity index (χ3v) is 3.32. The third kappa shape index (κ3) is 3.94. The molecule has 0 fully saturated rings. The molecule has 10 heteroatoms. The molecule has 0 aliphatic heterocycles. The molecular weight excluding hydrogens is 311 g/mol. The van der Waals surface area contributed by atoms with Crippen molar-refractivity contribution in [1.29, 1.82) is 0 Å². The van der Waals surface area contributed by atoms with E-state index in [2.05, 4.69) is 14.7 Å². The van der Waals surface area contributed by atoms with E-state index in [1.165, 1.54) is 18.4 Å². The van der Waals surface area contributed by atoms with Crippen molar-refractivity contribution in [2.75, 3.05) is 13.7 Å². The largest absolute Gasteiger partial charge is 0.440 e. The quantitative estimate of drug-likeness (QED) is 0.939. The average molecular weight is 321 g/mol. The van der Waals surface area contributed by atoms with Crippen molar-refractivity contribution in [3.63, 3.8) is 0 Å². The summed E-state index contributed by atoms with van der Waals surface area (Å²) in [6.07, 6.45) is -5.74. The van der Waals surface area contributed by atoms with Crippen LogP contribution >= 0.6 is 11.3 Å². The first-order valence-electron chi connectivity index (χ1n) is 5.67. The summed E-state index contributed by atoms with van der Waals surface area (Å²) < 4.78 is 40.4. The van der Waals surface area contributed by atoms with Gasteiger partial charge in [0.25, 0.3) is 5.56 Å².